The van der Waals surface area contributed by atoms with Gasteiger partial charge < -0.3 is 0 Å². The van der Waals surface area contributed by atoms with Gasteiger partial charge in [0, 0.05) is 0 Å². The van der Waals surface area contributed by atoms with Crippen LogP contribution in [0.2, 0.25) is 0 Å². The molecule has 0 spiro atoms. The SMILES string of the molecule is CCCCCCC=CCCCCCCI. The van der Waals surface area contributed by atoms with Crippen LogP contribution in [0.1, 0.15) is 71.1 Å². The van der Waals surface area contributed by atoms with Crippen molar-refractivity contribution in [3.05, 3.63) is 12.2 Å². The van der Waals surface area contributed by atoms with Gasteiger partial charge in [0.05, 0.1) is 0 Å². The largest absolute Gasteiger partial charge is 0.0885 e. The number of hydrogen-bond donors (Lipinski definition) is 0. The molecule has 0 fully saturated rings. The zero-order chi connectivity index (χ0) is 11.2. The van der Waals surface area contributed by atoms with Gasteiger partial charge in [-0.15, -0.1) is 0 Å². The molecule has 0 rings (SSSR count). The van der Waals surface area contributed by atoms with E-state index < -0.39 is 0 Å². The standard InChI is InChI=1S/C14H27I/c1-2-3-4-5-6-7-8-9-10-11-12-13-14-15/h7-8H,2-6,9-14H2,1H3. The maximum atomic E-state index is 2.46. The van der Waals surface area contributed by atoms with Crippen LogP contribution in [-0.4, -0.2) is 4.43 Å². The van der Waals surface area contributed by atoms with E-state index in [1.165, 1.54) is 68.6 Å². The number of unbranched alkanes of at least 4 members (excludes halogenated alkanes) is 8. The Hall–Kier alpha value is 0.470. The Morgan fingerprint density at radius 3 is 1.80 bits per heavy atom. The van der Waals surface area contributed by atoms with Gasteiger partial charge in [0.1, 0.15) is 0 Å². The highest BCUT2D eigenvalue weighted by Gasteiger charge is 1.87. The van der Waals surface area contributed by atoms with E-state index in [1.807, 2.05) is 0 Å². The van der Waals surface area contributed by atoms with Gasteiger partial charge in [-0.25, -0.2) is 0 Å². The topological polar surface area (TPSA) is 0 Å². The lowest BCUT2D eigenvalue weighted by molar-refractivity contribution is 0.668. The predicted octanol–water partition coefficient (Wildman–Crippen LogP) is 5.90. The monoisotopic (exact) mass is 322 g/mol. The lowest BCUT2D eigenvalue weighted by Gasteiger charge is -1.96. The van der Waals surface area contributed by atoms with Gasteiger partial charge in [0.2, 0.25) is 0 Å². The van der Waals surface area contributed by atoms with Crippen LogP contribution in [-0.2, 0) is 0 Å². The van der Waals surface area contributed by atoms with E-state index in [0.29, 0.717) is 0 Å². The minimum atomic E-state index is 1.30. The van der Waals surface area contributed by atoms with E-state index in [9.17, 15) is 0 Å². The first-order chi connectivity index (χ1) is 7.41. The van der Waals surface area contributed by atoms with Crippen LogP contribution in [0.4, 0.5) is 0 Å². The average Bonchev–Trinajstić information content (AvgIpc) is 2.26. The molecular weight excluding hydrogens is 295 g/mol. The van der Waals surface area contributed by atoms with Crippen molar-refractivity contribution in [2.24, 2.45) is 0 Å². The number of halogens is 1. The minimum absolute atomic E-state index is 1.30. The smallest absolute Gasteiger partial charge is 0.000473 e. The van der Waals surface area contributed by atoms with Crippen molar-refractivity contribution in [1.29, 1.82) is 0 Å². The molecule has 0 aromatic rings. The molecule has 1 heteroatoms. The molecule has 0 atom stereocenters. The molecule has 0 N–H and O–H groups in total. The molecule has 0 saturated carbocycles. The van der Waals surface area contributed by atoms with Gasteiger partial charge in [-0.3, -0.25) is 0 Å². The number of hydrogen-bond acceptors (Lipinski definition) is 0. The Bertz CT molecular complexity index is 129. The fourth-order valence-corrected chi connectivity index (χ4v) is 2.17. The lowest BCUT2D eigenvalue weighted by atomic mass is 10.1. The summed E-state index contributed by atoms with van der Waals surface area (Å²) in [4.78, 5) is 0. The van der Waals surface area contributed by atoms with Crippen molar-refractivity contribution in [2.75, 3.05) is 4.43 Å². The summed E-state index contributed by atoms with van der Waals surface area (Å²) >= 11 is 2.46. The second-order valence-electron chi connectivity index (χ2n) is 4.21. The van der Waals surface area contributed by atoms with Crippen LogP contribution >= 0.6 is 22.6 Å². The first-order valence-electron chi connectivity index (χ1n) is 6.62. The average molecular weight is 322 g/mol. The number of rotatable bonds is 11. The van der Waals surface area contributed by atoms with Crippen LogP contribution < -0.4 is 0 Å². The molecule has 0 heterocycles. The summed E-state index contributed by atoms with van der Waals surface area (Å²) in [6.45, 7) is 2.27. The Kier molecular flexibility index (Phi) is 14.9. The zero-order valence-electron chi connectivity index (χ0n) is 10.3. The fraction of sp³-hybridized carbons (Fsp3) is 0.857. The van der Waals surface area contributed by atoms with Gasteiger partial charge in [0.25, 0.3) is 0 Å². The summed E-state index contributed by atoms with van der Waals surface area (Å²) in [5.74, 6) is 0. The lowest BCUT2D eigenvalue weighted by Crippen LogP contribution is -1.78. The molecular formula is C14H27I. The molecule has 15 heavy (non-hydrogen) atoms. The fourth-order valence-electron chi connectivity index (χ4n) is 1.63. The van der Waals surface area contributed by atoms with E-state index in [1.54, 1.807) is 0 Å². The molecule has 90 valence electrons. The van der Waals surface area contributed by atoms with E-state index >= 15 is 0 Å². The molecule has 0 saturated heterocycles. The Balaban J connectivity index is 2.97. The highest BCUT2D eigenvalue weighted by Crippen LogP contribution is 2.07. The molecule has 0 aliphatic heterocycles. The van der Waals surface area contributed by atoms with Crippen molar-refractivity contribution >= 4 is 22.6 Å². The van der Waals surface area contributed by atoms with Crippen molar-refractivity contribution in [3.63, 3.8) is 0 Å². The van der Waals surface area contributed by atoms with Crippen LogP contribution in [0.15, 0.2) is 12.2 Å². The van der Waals surface area contributed by atoms with Crippen LogP contribution in [0.3, 0.4) is 0 Å². The van der Waals surface area contributed by atoms with Crippen molar-refractivity contribution in [1.82, 2.24) is 0 Å². The third-order valence-electron chi connectivity index (χ3n) is 2.65. The predicted molar refractivity (Wildman–Crippen MR) is 79.9 cm³/mol. The van der Waals surface area contributed by atoms with Gasteiger partial charge in [-0.2, -0.15) is 0 Å². The first kappa shape index (κ1) is 15.5. The highest BCUT2D eigenvalue weighted by atomic mass is 127. The first-order valence-corrected chi connectivity index (χ1v) is 8.15. The highest BCUT2D eigenvalue weighted by molar-refractivity contribution is 14.1. The van der Waals surface area contributed by atoms with Gasteiger partial charge in [-0.1, -0.05) is 73.8 Å². The molecule has 0 nitrogen and oxygen atoms in total. The van der Waals surface area contributed by atoms with Gasteiger partial charge in [-0.05, 0) is 36.5 Å². The molecule has 0 bridgehead atoms. The third-order valence-corrected chi connectivity index (χ3v) is 3.41. The van der Waals surface area contributed by atoms with E-state index in [-0.39, 0.29) is 0 Å². The second-order valence-corrected chi connectivity index (χ2v) is 5.29. The Morgan fingerprint density at radius 2 is 1.27 bits per heavy atom. The minimum Gasteiger partial charge on any atom is -0.0885 e. The Morgan fingerprint density at radius 1 is 0.733 bits per heavy atom. The van der Waals surface area contributed by atoms with Gasteiger partial charge in [0.15, 0.2) is 0 Å². The second kappa shape index (κ2) is 14.5. The number of allylic oxidation sites excluding steroid dienone is 2. The van der Waals surface area contributed by atoms with Crippen LogP contribution in [0.5, 0.6) is 0 Å². The third kappa shape index (κ3) is 14.5. The van der Waals surface area contributed by atoms with Crippen LogP contribution in [0, 0.1) is 0 Å². The zero-order valence-corrected chi connectivity index (χ0v) is 12.5. The molecule has 0 aromatic heterocycles. The van der Waals surface area contributed by atoms with E-state index in [2.05, 4.69) is 41.7 Å². The van der Waals surface area contributed by atoms with Crippen LogP contribution in [0.25, 0.3) is 0 Å². The molecule has 0 amide bonds. The van der Waals surface area contributed by atoms with Crippen molar-refractivity contribution < 1.29 is 0 Å². The molecule has 0 unspecified atom stereocenters. The van der Waals surface area contributed by atoms with Crippen molar-refractivity contribution in [2.45, 2.75) is 71.1 Å². The summed E-state index contributed by atoms with van der Waals surface area (Å²) in [5, 5.41) is 0. The number of alkyl halides is 1. The summed E-state index contributed by atoms with van der Waals surface area (Å²) in [6.07, 6.45) is 18.6. The Labute approximate surface area is 110 Å². The maximum absolute atomic E-state index is 2.46. The molecule has 0 aliphatic rings. The van der Waals surface area contributed by atoms with E-state index in [4.69, 9.17) is 0 Å². The summed E-state index contributed by atoms with van der Waals surface area (Å²) < 4.78 is 1.32. The molecule has 0 radical (unpaired) electrons. The van der Waals surface area contributed by atoms with Crippen molar-refractivity contribution in [3.8, 4) is 0 Å². The summed E-state index contributed by atoms with van der Waals surface area (Å²) in [7, 11) is 0. The molecule has 0 aliphatic carbocycles. The summed E-state index contributed by atoms with van der Waals surface area (Å²) in [6, 6.07) is 0. The van der Waals surface area contributed by atoms with E-state index in [0.717, 1.165) is 0 Å². The normalized spacial score (nSPS) is 11.3. The molecule has 0 aromatic carbocycles. The quantitative estimate of drug-likeness (QED) is 0.192. The van der Waals surface area contributed by atoms with Gasteiger partial charge >= 0.3 is 0 Å². The summed E-state index contributed by atoms with van der Waals surface area (Å²) in [5.41, 5.74) is 0. The maximum Gasteiger partial charge on any atom is -0.000473 e.